The Hall–Kier alpha value is -1.23. The number of anilines is 1. The lowest BCUT2D eigenvalue weighted by atomic mass is 10.4. The Kier molecular flexibility index (Phi) is 4.27. The van der Waals surface area contributed by atoms with Crippen molar-refractivity contribution in [2.75, 3.05) is 12.8 Å². The number of hydrogen-bond donors (Lipinski definition) is 1. The zero-order chi connectivity index (χ0) is 9.14. The minimum absolute atomic E-state index is 0. The smallest absolute Gasteiger partial charge is 0.327 e. The molecule has 0 unspecified atom stereocenters. The lowest BCUT2D eigenvalue weighted by Gasteiger charge is -2.01. The summed E-state index contributed by atoms with van der Waals surface area (Å²) in [6.07, 6.45) is 1.51. The van der Waals surface area contributed by atoms with Crippen molar-refractivity contribution in [3.05, 3.63) is 11.9 Å². The first-order valence-corrected chi connectivity index (χ1v) is 3.50. The van der Waals surface area contributed by atoms with Crippen LogP contribution in [-0.2, 0) is 16.1 Å². The van der Waals surface area contributed by atoms with Crippen LogP contribution in [0.1, 0.15) is 5.69 Å². The zero-order valence-electron chi connectivity index (χ0n) is 7.48. The van der Waals surface area contributed by atoms with Gasteiger partial charge in [-0.2, -0.15) is 5.10 Å². The van der Waals surface area contributed by atoms with E-state index in [1.807, 2.05) is 0 Å². The lowest BCUT2D eigenvalue weighted by Crippen LogP contribution is -2.13. The number of nitrogen functional groups attached to an aromatic ring is 1. The van der Waals surface area contributed by atoms with Gasteiger partial charge in [0.25, 0.3) is 0 Å². The van der Waals surface area contributed by atoms with Crippen LogP contribution in [0.4, 0.5) is 5.69 Å². The van der Waals surface area contributed by atoms with Crippen LogP contribution in [0.2, 0.25) is 0 Å². The normalized spacial score (nSPS) is 9.08. The van der Waals surface area contributed by atoms with E-state index in [9.17, 15) is 4.79 Å². The molecule has 0 bridgehead atoms. The van der Waals surface area contributed by atoms with Crippen LogP contribution >= 0.6 is 12.4 Å². The van der Waals surface area contributed by atoms with Gasteiger partial charge in [-0.3, -0.25) is 9.48 Å². The zero-order valence-corrected chi connectivity index (χ0v) is 8.30. The first kappa shape index (κ1) is 11.8. The molecule has 1 aromatic heterocycles. The van der Waals surface area contributed by atoms with Gasteiger partial charge in [-0.05, 0) is 6.92 Å². The maximum absolute atomic E-state index is 10.8. The fourth-order valence-corrected chi connectivity index (χ4v) is 0.807. The fraction of sp³-hybridized carbons (Fsp3) is 0.429. The van der Waals surface area contributed by atoms with E-state index in [-0.39, 0.29) is 24.9 Å². The number of carbonyl (C=O) groups excluding carboxylic acids is 1. The first-order chi connectivity index (χ1) is 5.65. The van der Waals surface area contributed by atoms with Crippen molar-refractivity contribution in [2.24, 2.45) is 0 Å². The molecule has 0 atom stereocenters. The predicted octanol–water partition coefficient (Wildman–Crippen LogP) is 0.369. The highest BCUT2D eigenvalue weighted by Crippen LogP contribution is 2.07. The predicted molar refractivity (Wildman–Crippen MR) is 50.6 cm³/mol. The third-order valence-electron chi connectivity index (χ3n) is 1.65. The Morgan fingerprint density at radius 1 is 1.77 bits per heavy atom. The Morgan fingerprint density at radius 3 is 2.77 bits per heavy atom. The first-order valence-electron chi connectivity index (χ1n) is 3.50. The van der Waals surface area contributed by atoms with Crippen molar-refractivity contribution >= 4 is 24.1 Å². The summed E-state index contributed by atoms with van der Waals surface area (Å²) in [7, 11) is 1.34. The Labute approximate surface area is 82.3 Å². The molecule has 0 fully saturated rings. The number of nitrogens with two attached hydrogens (primary N) is 1. The van der Waals surface area contributed by atoms with E-state index in [0.717, 1.165) is 5.69 Å². The standard InChI is InChI=1S/C7H11N3O2.ClH/c1-5-6(8)3-9-10(5)4-7(11)12-2;/h3H,4,8H2,1-2H3;1H. The quantitative estimate of drug-likeness (QED) is 0.709. The molecule has 0 saturated heterocycles. The second kappa shape index (κ2) is 4.71. The van der Waals surface area contributed by atoms with Gasteiger partial charge < -0.3 is 10.5 Å². The van der Waals surface area contributed by atoms with Gasteiger partial charge in [0, 0.05) is 0 Å². The van der Waals surface area contributed by atoms with E-state index in [1.54, 1.807) is 6.92 Å². The van der Waals surface area contributed by atoms with E-state index in [4.69, 9.17) is 5.73 Å². The van der Waals surface area contributed by atoms with Crippen LogP contribution in [0.5, 0.6) is 0 Å². The maximum atomic E-state index is 10.8. The lowest BCUT2D eigenvalue weighted by molar-refractivity contribution is -0.141. The Bertz CT molecular complexity index is 298. The van der Waals surface area contributed by atoms with Gasteiger partial charge in [-0.1, -0.05) is 0 Å². The minimum Gasteiger partial charge on any atom is -0.468 e. The number of hydrogen-bond acceptors (Lipinski definition) is 4. The van der Waals surface area contributed by atoms with Gasteiger partial charge in [0.2, 0.25) is 0 Å². The van der Waals surface area contributed by atoms with Crippen molar-refractivity contribution in [3.63, 3.8) is 0 Å². The van der Waals surface area contributed by atoms with Crippen LogP contribution in [0, 0.1) is 6.92 Å². The highest BCUT2D eigenvalue weighted by Gasteiger charge is 2.06. The molecule has 0 spiro atoms. The number of carbonyl (C=O) groups is 1. The molecule has 0 amide bonds. The average Bonchev–Trinajstić information content (AvgIpc) is 2.36. The molecule has 1 rings (SSSR count). The molecule has 0 radical (unpaired) electrons. The molecule has 1 heterocycles. The van der Waals surface area contributed by atoms with Gasteiger partial charge in [0.05, 0.1) is 24.7 Å². The number of rotatable bonds is 2. The van der Waals surface area contributed by atoms with Crippen molar-refractivity contribution in [1.29, 1.82) is 0 Å². The van der Waals surface area contributed by atoms with Crippen LogP contribution in [0.25, 0.3) is 0 Å². The van der Waals surface area contributed by atoms with E-state index in [0.29, 0.717) is 5.69 Å². The monoisotopic (exact) mass is 205 g/mol. The largest absolute Gasteiger partial charge is 0.468 e. The molecule has 13 heavy (non-hydrogen) atoms. The van der Waals surface area contributed by atoms with Gasteiger partial charge >= 0.3 is 5.97 Å². The number of aromatic nitrogens is 2. The molecule has 2 N–H and O–H groups in total. The summed E-state index contributed by atoms with van der Waals surface area (Å²) in [5.74, 6) is -0.332. The highest BCUT2D eigenvalue weighted by molar-refractivity contribution is 5.85. The molecule has 0 aliphatic rings. The third-order valence-corrected chi connectivity index (χ3v) is 1.65. The molecule has 1 aromatic rings. The summed E-state index contributed by atoms with van der Waals surface area (Å²) < 4.78 is 5.98. The molecule has 0 saturated carbocycles. The van der Waals surface area contributed by atoms with Crippen LogP contribution < -0.4 is 5.73 Å². The topological polar surface area (TPSA) is 70.1 Å². The SMILES string of the molecule is COC(=O)Cn1ncc(N)c1C.Cl. The van der Waals surface area contributed by atoms with Crippen molar-refractivity contribution in [1.82, 2.24) is 9.78 Å². The van der Waals surface area contributed by atoms with Crippen molar-refractivity contribution in [3.8, 4) is 0 Å². The molecule has 74 valence electrons. The van der Waals surface area contributed by atoms with Gasteiger partial charge in [0.1, 0.15) is 6.54 Å². The molecule has 0 aliphatic carbocycles. The number of esters is 1. The Balaban J connectivity index is 0.00000144. The molecular weight excluding hydrogens is 194 g/mol. The second-order valence-corrected chi connectivity index (χ2v) is 2.42. The van der Waals surface area contributed by atoms with Gasteiger partial charge in [-0.15, -0.1) is 12.4 Å². The summed E-state index contributed by atoms with van der Waals surface area (Å²) in [6.45, 7) is 1.91. The van der Waals surface area contributed by atoms with Crippen molar-refractivity contribution < 1.29 is 9.53 Å². The molecule has 0 aliphatic heterocycles. The fourth-order valence-electron chi connectivity index (χ4n) is 0.807. The van der Waals surface area contributed by atoms with Crippen LogP contribution in [0.15, 0.2) is 6.20 Å². The van der Waals surface area contributed by atoms with Crippen LogP contribution in [-0.4, -0.2) is 22.9 Å². The number of ether oxygens (including phenoxy) is 1. The highest BCUT2D eigenvalue weighted by atomic mass is 35.5. The molecule has 6 heteroatoms. The number of nitrogens with zero attached hydrogens (tertiary/aromatic N) is 2. The maximum Gasteiger partial charge on any atom is 0.327 e. The minimum atomic E-state index is -0.332. The molecule has 5 nitrogen and oxygen atoms in total. The van der Waals surface area contributed by atoms with E-state index >= 15 is 0 Å². The summed E-state index contributed by atoms with van der Waals surface area (Å²) in [5, 5.41) is 3.89. The summed E-state index contributed by atoms with van der Waals surface area (Å²) >= 11 is 0. The van der Waals surface area contributed by atoms with Gasteiger partial charge in [-0.25, -0.2) is 0 Å². The number of methoxy groups -OCH3 is 1. The molecule has 0 aromatic carbocycles. The summed E-state index contributed by atoms with van der Waals surface area (Å²) in [5.41, 5.74) is 6.88. The van der Waals surface area contributed by atoms with Crippen LogP contribution in [0.3, 0.4) is 0 Å². The van der Waals surface area contributed by atoms with E-state index in [1.165, 1.54) is 18.0 Å². The second-order valence-electron chi connectivity index (χ2n) is 2.42. The van der Waals surface area contributed by atoms with Crippen molar-refractivity contribution in [2.45, 2.75) is 13.5 Å². The molecular formula is C7H12ClN3O2. The average molecular weight is 206 g/mol. The number of halogens is 1. The van der Waals surface area contributed by atoms with E-state index < -0.39 is 0 Å². The van der Waals surface area contributed by atoms with E-state index in [2.05, 4.69) is 9.84 Å². The Morgan fingerprint density at radius 2 is 2.38 bits per heavy atom. The summed E-state index contributed by atoms with van der Waals surface area (Å²) in [6, 6.07) is 0. The third kappa shape index (κ3) is 2.62. The van der Waals surface area contributed by atoms with Gasteiger partial charge in [0.15, 0.2) is 0 Å². The summed E-state index contributed by atoms with van der Waals surface area (Å²) in [4.78, 5) is 10.8.